The van der Waals surface area contributed by atoms with Crippen molar-refractivity contribution in [2.24, 2.45) is 0 Å². The zero-order valence-electron chi connectivity index (χ0n) is 9.30. The Bertz CT molecular complexity index is 580. The van der Waals surface area contributed by atoms with Crippen molar-refractivity contribution in [3.05, 3.63) is 26.8 Å². The van der Waals surface area contributed by atoms with Gasteiger partial charge in [-0.3, -0.25) is 4.79 Å². The molecule has 1 amide bonds. The maximum absolute atomic E-state index is 11.9. The van der Waals surface area contributed by atoms with Crippen molar-refractivity contribution >= 4 is 44.9 Å². The number of piperazine rings is 1. The van der Waals surface area contributed by atoms with Crippen LogP contribution in [-0.2, 0) is 14.8 Å². The van der Waals surface area contributed by atoms with E-state index in [-0.39, 0.29) is 13.1 Å². The molecule has 0 aliphatic carbocycles. The van der Waals surface area contributed by atoms with Crippen LogP contribution in [0.2, 0.25) is 4.34 Å². The largest absolute Gasteiger partial charge is 0.307 e. The minimum atomic E-state index is -3.69. The smallest absolute Gasteiger partial charge is 0.259 e. The van der Waals surface area contributed by atoms with Crippen LogP contribution < -0.4 is 5.32 Å². The Morgan fingerprint density at radius 3 is 2.83 bits per heavy atom. The fraction of sp³-hybridized carbons (Fsp3) is 0.300. The second-order valence-corrected chi connectivity index (χ2v) is 7.12. The Morgan fingerprint density at radius 1 is 1.44 bits per heavy atom. The highest BCUT2D eigenvalue weighted by Crippen LogP contribution is 2.23. The molecule has 5 nitrogen and oxygen atoms in total. The van der Waals surface area contributed by atoms with Gasteiger partial charge in [0.1, 0.15) is 0 Å². The summed E-state index contributed by atoms with van der Waals surface area (Å²) < 4.78 is 25.3. The van der Waals surface area contributed by atoms with E-state index in [9.17, 15) is 13.2 Å². The second-order valence-electron chi connectivity index (χ2n) is 3.63. The van der Waals surface area contributed by atoms with Gasteiger partial charge >= 0.3 is 0 Å². The van der Waals surface area contributed by atoms with Crippen molar-refractivity contribution in [2.45, 2.75) is 0 Å². The lowest BCUT2D eigenvalue weighted by molar-refractivity contribution is -0.126. The first-order valence-electron chi connectivity index (χ1n) is 5.19. The van der Waals surface area contributed by atoms with Crippen LogP contribution in [0.25, 0.3) is 6.08 Å². The topological polar surface area (TPSA) is 66.5 Å². The van der Waals surface area contributed by atoms with Crippen LogP contribution in [0, 0.1) is 0 Å². The van der Waals surface area contributed by atoms with Crippen LogP contribution in [0.4, 0.5) is 0 Å². The molecule has 1 aliphatic heterocycles. The predicted molar refractivity (Wildman–Crippen MR) is 71.9 cm³/mol. The van der Waals surface area contributed by atoms with Gasteiger partial charge in [-0.15, -0.1) is 11.3 Å². The van der Waals surface area contributed by atoms with E-state index < -0.39 is 15.9 Å². The SMILES string of the molecule is O=C1CNCCN1S(=O)(=O)C=Cc1ccc(Cl)s1. The van der Waals surface area contributed by atoms with E-state index in [1.165, 1.54) is 17.4 Å². The van der Waals surface area contributed by atoms with Gasteiger partial charge in [0.2, 0.25) is 5.91 Å². The van der Waals surface area contributed by atoms with Crippen molar-refractivity contribution in [1.82, 2.24) is 9.62 Å². The Labute approximate surface area is 114 Å². The molecule has 1 fully saturated rings. The van der Waals surface area contributed by atoms with Crippen molar-refractivity contribution in [3.63, 3.8) is 0 Å². The summed E-state index contributed by atoms with van der Waals surface area (Å²) in [4.78, 5) is 12.2. The van der Waals surface area contributed by atoms with Crippen LogP contribution >= 0.6 is 22.9 Å². The molecule has 0 unspecified atom stereocenters. The lowest BCUT2D eigenvalue weighted by Crippen LogP contribution is -2.49. The number of hydrogen-bond acceptors (Lipinski definition) is 5. The van der Waals surface area contributed by atoms with Crippen molar-refractivity contribution in [3.8, 4) is 0 Å². The Hall–Kier alpha value is -0.890. The van der Waals surface area contributed by atoms with E-state index in [2.05, 4.69) is 5.32 Å². The summed E-state index contributed by atoms with van der Waals surface area (Å²) in [6.45, 7) is 0.693. The van der Waals surface area contributed by atoms with Crippen LogP contribution in [0.15, 0.2) is 17.5 Å². The van der Waals surface area contributed by atoms with Gasteiger partial charge in [-0.2, -0.15) is 0 Å². The van der Waals surface area contributed by atoms with Crippen LogP contribution in [-0.4, -0.2) is 38.3 Å². The number of hydrogen-bond donors (Lipinski definition) is 1. The standard InChI is InChI=1S/C10H11ClN2O3S2/c11-9-2-1-8(17-9)3-6-18(15,16)13-5-4-12-7-10(13)14/h1-3,6,12H,4-5,7H2. The summed E-state index contributed by atoms with van der Waals surface area (Å²) in [5.74, 6) is -0.435. The molecule has 0 spiro atoms. The molecular weight excluding hydrogens is 296 g/mol. The molecular formula is C10H11ClN2O3S2. The molecule has 1 saturated heterocycles. The molecule has 0 saturated carbocycles. The van der Waals surface area contributed by atoms with Gasteiger partial charge in [-0.25, -0.2) is 12.7 Å². The molecule has 0 aromatic carbocycles. The summed E-state index contributed by atoms with van der Waals surface area (Å²) in [6, 6.07) is 3.41. The van der Waals surface area contributed by atoms with Crippen molar-refractivity contribution < 1.29 is 13.2 Å². The highest BCUT2D eigenvalue weighted by atomic mass is 35.5. The molecule has 0 atom stereocenters. The van der Waals surface area contributed by atoms with E-state index in [1.54, 1.807) is 12.1 Å². The fourth-order valence-corrected chi connectivity index (χ4v) is 3.71. The first kappa shape index (κ1) is 13.5. The third-order valence-electron chi connectivity index (χ3n) is 2.35. The summed E-state index contributed by atoms with van der Waals surface area (Å²) in [7, 11) is -3.69. The Morgan fingerprint density at radius 2 is 2.22 bits per heavy atom. The van der Waals surface area contributed by atoms with Gasteiger partial charge < -0.3 is 5.32 Å². The Kier molecular flexibility index (Phi) is 4.06. The first-order valence-corrected chi connectivity index (χ1v) is 7.88. The molecule has 1 aromatic rings. The maximum atomic E-state index is 11.9. The average molecular weight is 307 g/mol. The number of carbonyl (C=O) groups excluding carboxylic acids is 1. The highest BCUT2D eigenvalue weighted by Gasteiger charge is 2.27. The van der Waals surface area contributed by atoms with Gasteiger partial charge in [0, 0.05) is 18.0 Å². The number of carbonyl (C=O) groups is 1. The zero-order valence-corrected chi connectivity index (χ0v) is 11.7. The van der Waals surface area contributed by atoms with Gasteiger partial charge in [0.05, 0.1) is 16.3 Å². The van der Waals surface area contributed by atoms with Gasteiger partial charge in [0.25, 0.3) is 10.0 Å². The number of amides is 1. The minimum absolute atomic E-state index is 0.0535. The van der Waals surface area contributed by atoms with Gasteiger partial charge in [-0.1, -0.05) is 11.6 Å². The second kappa shape index (κ2) is 5.40. The fourth-order valence-electron chi connectivity index (χ4n) is 1.50. The number of nitrogens with zero attached hydrogens (tertiary/aromatic N) is 1. The highest BCUT2D eigenvalue weighted by molar-refractivity contribution is 7.92. The van der Waals surface area contributed by atoms with E-state index in [4.69, 9.17) is 11.6 Å². The van der Waals surface area contributed by atoms with Crippen LogP contribution in [0.3, 0.4) is 0 Å². The monoisotopic (exact) mass is 306 g/mol. The maximum Gasteiger partial charge on any atom is 0.259 e. The molecule has 1 N–H and O–H groups in total. The Balaban J connectivity index is 2.16. The molecule has 8 heteroatoms. The summed E-state index contributed by atoms with van der Waals surface area (Å²) >= 11 is 7.02. The molecule has 0 bridgehead atoms. The number of sulfonamides is 1. The molecule has 18 heavy (non-hydrogen) atoms. The third-order valence-corrected chi connectivity index (χ3v) is 5.03. The lowest BCUT2D eigenvalue weighted by Gasteiger charge is -2.25. The zero-order chi connectivity index (χ0) is 13.2. The quantitative estimate of drug-likeness (QED) is 0.909. The van der Waals surface area contributed by atoms with Crippen molar-refractivity contribution in [2.75, 3.05) is 19.6 Å². The number of nitrogens with one attached hydrogen (secondary N) is 1. The van der Waals surface area contributed by atoms with Gasteiger partial charge in [0.15, 0.2) is 0 Å². The number of thiophene rings is 1. The third kappa shape index (κ3) is 3.11. The van der Waals surface area contributed by atoms with Crippen molar-refractivity contribution in [1.29, 1.82) is 0 Å². The molecule has 0 radical (unpaired) electrons. The molecule has 2 rings (SSSR count). The number of rotatable bonds is 3. The molecule has 1 aliphatic rings. The molecule has 1 aromatic heterocycles. The van der Waals surface area contributed by atoms with Crippen LogP contribution in [0.1, 0.15) is 4.88 Å². The van der Waals surface area contributed by atoms with Gasteiger partial charge in [-0.05, 0) is 18.2 Å². The van der Waals surface area contributed by atoms with E-state index in [1.807, 2.05) is 0 Å². The summed E-state index contributed by atoms with van der Waals surface area (Å²) in [5, 5.41) is 3.86. The average Bonchev–Trinajstić information content (AvgIpc) is 2.73. The normalized spacial score (nSPS) is 17.6. The van der Waals surface area contributed by atoms with E-state index in [0.29, 0.717) is 10.9 Å². The number of halogens is 1. The summed E-state index contributed by atoms with van der Waals surface area (Å²) in [5.41, 5.74) is 0. The van der Waals surface area contributed by atoms with E-state index >= 15 is 0 Å². The predicted octanol–water partition coefficient (Wildman–Crippen LogP) is 1.13. The van der Waals surface area contributed by atoms with Crippen LogP contribution in [0.5, 0.6) is 0 Å². The summed E-state index contributed by atoms with van der Waals surface area (Å²) in [6.07, 6.45) is 1.45. The molecule has 2 heterocycles. The lowest BCUT2D eigenvalue weighted by atomic mass is 10.4. The first-order chi connectivity index (χ1) is 8.49. The minimum Gasteiger partial charge on any atom is -0.307 e. The molecule has 98 valence electrons. The van der Waals surface area contributed by atoms with E-state index in [0.717, 1.165) is 14.6 Å².